The van der Waals surface area contributed by atoms with Crippen molar-refractivity contribution in [3.05, 3.63) is 12.7 Å². The summed E-state index contributed by atoms with van der Waals surface area (Å²) in [6, 6.07) is 0. The van der Waals surface area contributed by atoms with Crippen LogP contribution in [-0.2, 0) is 14.6 Å². The molecule has 80 valence electrons. The molecule has 0 aromatic heterocycles. The van der Waals surface area contributed by atoms with Crippen molar-refractivity contribution in [3.8, 4) is 0 Å². The zero-order chi connectivity index (χ0) is 11.0. The van der Waals surface area contributed by atoms with Crippen molar-refractivity contribution in [2.24, 2.45) is 0 Å². The van der Waals surface area contributed by atoms with Crippen molar-refractivity contribution in [2.75, 3.05) is 13.1 Å². The van der Waals surface area contributed by atoms with Crippen molar-refractivity contribution < 1.29 is 19.4 Å². The van der Waals surface area contributed by atoms with E-state index in [1.54, 1.807) is 0 Å². The van der Waals surface area contributed by atoms with Gasteiger partial charge in [0.1, 0.15) is 0 Å². The minimum atomic E-state index is -0.786. The smallest absolute Gasteiger partial charge is 0.305 e. The second-order valence-corrected chi connectivity index (χ2v) is 2.54. The number of carbonyl (C=O) groups excluding carboxylic acids is 2. The fraction of sp³-hybridized carbons (Fsp3) is 0.556. The Balaban J connectivity index is 3.91. The lowest BCUT2D eigenvalue weighted by Gasteiger charge is -2.17. The minimum Gasteiger partial charge on any atom is -0.305 e. The molecule has 0 rings (SSSR count). The lowest BCUT2D eigenvalue weighted by atomic mass is 10.4. The van der Waals surface area contributed by atoms with Gasteiger partial charge < -0.3 is 4.90 Å². The largest absolute Gasteiger partial charge is 0.453 e. The quantitative estimate of drug-likeness (QED) is 0.393. The standard InChI is InChI=1S/C9H15NO4/c1-4-7-10(6-3)9(12)14-13-8(11)5-2/h5H,2,4,6-7H2,1,3H3. The predicted molar refractivity (Wildman–Crippen MR) is 50.3 cm³/mol. The third kappa shape index (κ3) is 4.49. The molecule has 0 heterocycles. The van der Waals surface area contributed by atoms with Gasteiger partial charge >= 0.3 is 12.1 Å². The van der Waals surface area contributed by atoms with Gasteiger partial charge in [0, 0.05) is 19.2 Å². The van der Waals surface area contributed by atoms with Crippen LogP contribution in [0.2, 0.25) is 0 Å². The average molecular weight is 201 g/mol. The highest BCUT2D eigenvalue weighted by molar-refractivity contribution is 5.81. The number of hydrogen-bond acceptors (Lipinski definition) is 4. The molecule has 5 nitrogen and oxygen atoms in total. The van der Waals surface area contributed by atoms with Gasteiger partial charge in [-0.2, -0.15) is 0 Å². The number of carbonyl (C=O) groups is 2. The zero-order valence-electron chi connectivity index (χ0n) is 8.49. The summed E-state index contributed by atoms with van der Waals surface area (Å²) in [5.74, 6) is -0.786. The summed E-state index contributed by atoms with van der Waals surface area (Å²) in [4.78, 5) is 31.6. The van der Waals surface area contributed by atoms with Crippen LogP contribution in [0.25, 0.3) is 0 Å². The molecule has 0 fully saturated rings. The predicted octanol–water partition coefficient (Wildman–Crippen LogP) is 1.50. The Bertz CT molecular complexity index is 215. The van der Waals surface area contributed by atoms with E-state index in [-0.39, 0.29) is 0 Å². The lowest BCUT2D eigenvalue weighted by Crippen LogP contribution is -2.32. The van der Waals surface area contributed by atoms with Gasteiger partial charge in [-0.25, -0.2) is 19.4 Å². The van der Waals surface area contributed by atoms with Crippen LogP contribution in [0.3, 0.4) is 0 Å². The van der Waals surface area contributed by atoms with Gasteiger partial charge in [0.05, 0.1) is 0 Å². The fourth-order valence-electron chi connectivity index (χ4n) is 0.812. The monoisotopic (exact) mass is 201 g/mol. The van der Waals surface area contributed by atoms with E-state index in [1.165, 1.54) is 4.90 Å². The SMILES string of the molecule is C=CC(=O)OOC(=O)N(CC)CCC. The molecule has 0 spiro atoms. The Morgan fingerprint density at radius 3 is 2.43 bits per heavy atom. The zero-order valence-corrected chi connectivity index (χ0v) is 8.49. The van der Waals surface area contributed by atoms with E-state index in [2.05, 4.69) is 16.4 Å². The van der Waals surface area contributed by atoms with Crippen molar-refractivity contribution in [1.29, 1.82) is 0 Å². The van der Waals surface area contributed by atoms with Crippen molar-refractivity contribution in [1.82, 2.24) is 4.90 Å². The first-order valence-electron chi connectivity index (χ1n) is 4.45. The Morgan fingerprint density at radius 2 is 2.00 bits per heavy atom. The van der Waals surface area contributed by atoms with E-state index in [0.29, 0.717) is 13.1 Å². The van der Waals surface area contributed by atoms with E-state index >= 15 is 0 Å². The number of amides is 1. The van der Waals surface area contributed by atoms with E-state index in [9.17, 15) is 9.59 Å². The first kappa shape index (κ1) is 12.5. The van der Waals surface area contributed by atoms with Gasteiger partial charge in [-0.15, -0.1) is 0 Å². The van der Waals surface area contributed by atoms with E-state index in [0.717, 1.165) is 12.5 Å². The maximum atomic E-state index is 11.2. The van der Waals surface area contributed by atoms with Crippen LogP contribution in [0, 0.1) is 0 Å². The van der Waals surface area contributed by atoms with Crippen LogP contribution in [0.4, 0.5) is 4.79 Å². The van der Waals surface area contributed by atoms with E-state index in [4.69, 9.17) is 0 Å². The number of nitrogens with zero attached hydrogens (tertiary/aromatic N) is 1. The van der Waals surface area contributed by atoms with E-state index in [1.807, 2.05) is 13.8 Å². The van der Waals surface area contributed by atoms with Gasteiger partial charge in [0.25, 0.3) is 0 Å². The molecule has 14 heavy (non-hydrogen) atoms. The second-order valence-electron chi connectivity index (χ2n) is 2.54. The maximum Gasteiger partial charge on any atom is 0.453 e. The van der Waals surface area contributed by atoms with Crippen molar-refractivity contribution in [3.63, 3.8) is 0 Å². The molecule has 0 bridgehead atoms. The summed E-state index contributed by atoms with van der Waals surface area (Å²) in [6.45, 7) is 7.99. The third-order valence-corrected chi connectivity index (χ3v) is 1.50. The first-order valence-corrected chi connectivity index (χ1v) is 4.45. The Labute approximate surface area is 83.2 Å². The summed E-state index contributed by atoms with van der Waals surface area (Å²) in [5, 5.41) is 0. The molecular formula is C9H15NO4. The van der Waals surface area contributed by atoms with Crippen LogP contribution in [0.15, 0.2) is 12.7 Å². The highest BCUT2D eigenvalue weighted by Gasteiger charge is 2.14. The number of hydrogen-bond donors (Lipinski definition) is 0. The molecule has 0 aliphatic carbocycles. The molecule has 5 heteroatoms. The van der Waals surface area contributed by atoms with Crippen LogP contribution in [0.1, 0.15) is 20.3 Å². The molecular weight excluding hydrogens is 186 g/mol. The summed E-state index contributed by atoms with van der Waals surface area (Å²) < 4.78 is 0. The van der Waals surface area contributed by atoms with Gasteiger partial charge in [0.15, 0.2) is 0 Å². The summed E-state index contributed by atoms with van der Waals surface area (Å²) in [5.41, 5.74) is 0. The Kier molecular flexibility index (Phi) is 6.19. The summed E-state index contributed by atoms with van der Waals surface area (Å²) in [6.07, 6.45) is 1.08. The highest BCUT2D eigenvalue weighted by atomic mass is 17.2. The first-order chi connectivity index (χ1) is 6.65. The normalized spacial score (nSPS) is 9.00. The fourth-order valence-corrected chi connectivity index (χ4v) is 0.812. The Hall–Kier alpha value is -1.52. The molecule has 0 N–H and O–H groups in total. The minimum absolute atomic E-state index is 0.512. The molecule has 0 atom stereocenters. The average Bonchev–Trinajstić information content (AvgIpc) is 2.21. The summed E-state index contributed by atoms with van der Waals surface area (Å²) >= 11 is 0. The van der Waals surface area contributed by atoms with Crippen LogP contribution in [-0.4, -0.2) is 30.1 Å². The van der Waals surface area contributed by atoms with Crippen molar-refractivity contribution >= 4 is 12.1 Å². The van der Waals surface area contributed by atoms with Crippen LogP contribution in [0.5, 0.6) is 0 Å². The Morgan fingerprint density at radius 1 is 1.36 bits per heavy atom. The molecule has 1 amide bonds. The van der Waals surface area contributed by atoms with Gasteiger partial charge in [0.2, 0.25) is 0 Å². The molecule has 0 saturated heterocycles. The maximum absolute atomic E-state index is 11.2. The second kappa shape index (κ2) is 6.94. The summed E-state index contributed by atoms with van der Waals surface area (Å²) in [7, 11) is 0. The van der Waals surface area contributed by atoms with Crippen LogP contribution < -0.4 is 0 Å². The third-order valence-electron chi connectivity index (χ3n) is 1.50. The van der Waals surface area contributed by atoms with Gasteiger partial charge in [-0.3, -0.25) is 0 Å². The molecule has 0 aliphatic heterocycles. The molecule has 0 aromatic rings. The topological polar surface area (TPSA) is 55.8 Å². The molecule has 0 unspecified atom stereocenters. The van der Waals surface area contributed by atoms with Gasteiger partial charge in [-0.1, -0.05) is 13.5 Å². The molecule has 0 aliphatic rings. The molecule has 0 aromatic carbocycles. The highest BCUT2D eigenvalue weighted by Crippen LogP contribution is 1.96. The molecule has 0 radical (unpaired) electrons. The molecule has 0 saturated carbocycles. The van der Waals surface area contributed by atoms with Crippen LogP contribution >= 0.6 is 0 Å². The lowest BCUT2D eigenvalue weighted by molar-refractivity contribution is -0.231. The van der Waals surface area contributed by atoms with Gasteiger partial charge in [-0.05, 0) is 13.3 Å². The van der Waals surface area contributed by atoms with E-state index < -0.39 is 12.1 Å². The van der Waals surface area contributed by atoms with Crippen molar-refractivity contribution in [2.45, 2.75) is 20.3 Å². The number of rotatable bonds is 4.